The highest BCUT2D eigenvalue weighted by molar-refractivity contribution is 9.10. The van der Waals surface area contributed by atoms with Gasteiger partial charge in [0.25, 0.3) is 0 Å². The zero-order valence-corrected chi connectivity index (χ0v) is 10.3. The van der Waals surface area contributed by atoms with E-state index in [0.717, 1.165) is 10.0 Å². The van der Waals surface area contributed by atoms with Crippen LogP contribution in [0.4, 0.5) is 0 Å². The molecule has 0 aliphatic carbocycles. The number of halogens is 1. The Morgan fingerprint density at radius 3 is 2.71 bits per heavy atom. The van der Waals surface area contributed by atoms with E-state index in [1.165, 1.54) is 12.3 Å². The van der Waals surface area contributed by atoms with Gasteiger partial charge in [-0.05, 0) is 17.7 Å². The van der Waals surface area contributed by atoms with Crippen LogP contribution in [0.2, 0.25) is 0 Å². The lowest BCUT2D eigenvalue weighted by Gasteiger charge is -1.98. The molecular formula is C13H9BrO3. The molecule has 0 atom stereocenters. The lowest BCUT2D eigenvalue weighted by Crippen LogP contribution is -1.97. The maximum Gasteiger partial charge on any atom is 0.227 e. The van der Waals surface area contributed by atoms with E-state index in [0.29, 0.717) is 0 Å². The van der Waals surface area contributed by atoms with Crippen molar-refractivity contribution < 1.29 is 9.52 Å². The normalized spacial score (nSPS) is 10.9. The van der Waals surface area contributed by atoms with Crippen LogP contribution < -0.4 is 5.43 Å². The molecule has 17 heavy (non-hydrogen) atoms. The lowest BCUT2D eigenvalue weighted by molar-refractivity contribution is 0.424. The fraction of sp³-hybridized carbons (Fsp3) is 0. The number of hydrogen-bond donors (Lipinski definition) is 1. The number of benzene rings is 1. The van der Waals surface area contributed by atoms with E-state index in [2.05, 4.69) is 15.9 Å². The summed E-state index contributed by atoms with van der Waals surface area (Å²) in [6.07, 6.45) is 4.56. The van der Waals surface area contributed by atoms with Crippen molar-refractivity contribution in [2.45, 2.75) is 0 Å². The Bertz CT molecular complexity index is 614. The molecule has 2 rings (SSSR count). The van der Waals surface area contributed by atoms with Crippen LogP contribution >= 0.6 is 15.9 Å². The Balaban J connectivity index is 2.36. The molecular weight excluding hydrogens is 284 g/mol. The molecule has 1 aromatic heterocycles. The Hall–Kier alpha value is -1.81. The molecule has 0 radical (unpaired) electrons. The van der Waals surface area contributed by atoms with Crippen LogP contribution in [-0.2, 0) is 0 Å². The molecule has 86 valence electrons. The third-order valence-electron chi connectivity index (χ3n) is 2.20. The molecule has 1 N–H and O–H groups in total. The van der Waals surface area contributed by atoms with Gasteiger partial charge >= 0.3 is 0 Å². The van der Waals surface area contributed by atoms with Crippen LogP contribution in [0.25, 0.3) is 12.2 Å². The van der Waals surface area contributed by atoms with E-state index >= 15 is 0 Å². The summed E-state index contributed by atoms with van der Waals surface area (Å²) in [5.74, 6) is -0.232. The van der Waals surface area contributed by atoms with Gasteiger partial charge in [0, 0.05) is 10.5 Å². The van der Waals surface area contributed by atoms with Gasteiger partial charge in [-0.1, -0.05) is 40.2 Å². The minimum Gasteiger partial charge on any atom is -0.502 e. The van der Waals surface area contributed by atoms with Crippen LogP contribution in [0.1, 0.15) is 11.3 Å². The van der Waals surface area contributed by atoms with Crippen molar-refractivity contribution >= 4 is 28.1 Å². The number of rotatable bonds is 2. The fourth-order valence-corrected chi connectivity index (χ4v) is 1.74. The van der Waals surface area contributed by atoms with Crippen LogP contribution in [0.3, 0.4) is 0 Å². The van der Waals surface area contributed by atoms with Gasteiger partial charge in [0.2, 0.25) is 11.2 Å². The molecule has 2 aromatic rings. The molecule has 0 unspecified atom stereocenters. The van der Waals surface area contributed by atoms with Gasteiger partial charge in [0.15, 0.2) is 5.76 Å². The second-order valence-electron chi connectivity index (χ2n) is 3.35. The summed E-state index contributed by atoms with van der Waals surface area (Å²) in [6.45, 7) is 0. The van der Waals surface area contributed by atoms with E-state index in [9.17, 15) is 9.90 Å². The molecule has 1 heterocycles. The second-order valence-corrected chi connectivity index (χ2v) is 4.21. The monoisotopic (exact) mass is 292 g/mol. The quantitative estimate of drug-likeness (QED) is 0.924. The topological polar surface area (TPSA) is 50.4 Å². The molecule has 0 aliphatic heterocycles. The van der Waals surface area contributed by atoms with Crippen LogP contribution in [0.5, 0.6) is 5.75 Å². The largest absolute Gasteiger partial charge is 0.502 e. The highest BCUT2D eigenvalue weighted by atomic mass is 79.9. The van der Waals surface area contributed by atoms with Gasteiger partial charge in [0.1, 0.15) is 0 Å². The third kappa shape index (κ3) is 2.65. The summed E-state index contributed by atoms with van der Waals surface area (Å²) in [7, 11) is 0. The Labute approximate surface area is 106 Å². The van der Waals surface area contributed by atoms with Gasteiger partial charge in [-0.2, -0.15) is 0 Å². The summed E-state index contributed by atoms with van der Waals surface area (Å²) in [6, 6.07) is 8.78. The van der Waals surface area contributed by atoms with E-state index in [1.807, 2.05) is 24.3 Å². The molecule has 0 saturated heterocycles. The SMILES string of the molecule is O=c1ccoc(C=Cc2ccccc2Br)c1O. The molecule has 0 saturated carbocycles. The molecule has 0 bridgehead atoms. The summed E-state index contributed by atoms with van der Waals surface area (Å²) in [5, 5.41) is 9.48. The molecule has 1 aromatic carbocycles. The first-order valence-corrected chi connectivity index (χ1v) is 5.71. The van der Waals surface area contributed by atoms with Gasteiger partial charge in [-0.25, -0.2) is 0 Å². The predicted molar refractivity (Wildman–Crippen MR) is 69.7 cm³/mol. The van der Waals surface area contributed by atoms with Crippen molar-refractivity contribution in [2.24, 2.45) is 0 Å². The summed E-state index contributed by atoms with van der Waals surface area (Å²) in [5.41, 5.74) is 0.474. The summed E-state index contributed by atoms with van der Waals surface area (Å²) >= 11 is 3.40. The first-order chi connectivity index (χ1) is 8.18. The van der Waals surface area contributed by atoms with Crippen LogP contribution in [0.15, 0.2) is 50.3 Å². The molecule has 0 spiro atoms. The number of hydrogen-bond acceptors (Lipinski definition) is 3. The molecule has 0 amide bonds. The van der Waals surface area contributed by atoms with Crippen molar-refractivity contribution in [1.29, 1.82) is 0 Å². The van der Waals surface area contributed by atoms with E-state index in [-0.39, 0.29) is 11.5 Å². The Morgan fingerprint density at radius 1 is 1.18 bits per heavy atom. The molecule has 0 aliphatic rings. The molecule has 3 nitrogen and oxygen atoms in total. The van der Waals surface area contributed by atoms with Crippen LogP contribution in [0, 0.1) is 0 Å². The van der Waals surface area contributed by atoms with Gasteiger partial charge in [0.05, 0.1) is 6.26 Å². The van der Waals surface area contributed by atoms with Gasteiger partial charge in [-0.3, -0.25) is 4.79 Å². The van der Waals surface area contributed by atoms with Crippen molar-refractivity contribution in [1.82, 2.24) is 0 Å². The fourth-order valence-electron chi connectivity index (χ4n) is 1.32. The van der Waals surface area contributed by atoms with Crippen molar-refractivity contribution in [3.63, 3.8) is 0 Å². The smallest absolute Gasteiger partial charge is 0.227 e. The second kappa shape index (κ2) is 5.01. The lowest BCUT2D eigenvalue weighted by atomic mass is 10.2. The van der Waals surface area contributed by atoms with E-state index in [1.54, 1.807) is 12.2 Å². The highest BCUT2D eigenvalue weighted by Crippen LogP contribution is 2.20. The Morgan fingerprint density at radius 2 is 1.94 bits per heavy atom. The maximum atomic E-state index is 11.2. The maximum absolute atomic E-state index is 11.2. The third-order valence-corrected chi connectivity index (χ3v) is 2.92. The minimum absolute atomic E-state index is 0.147. The zero-order chi connectivity index (χ0) is 12.3. The standard InChI is InChI=1S/C13H9BrO3/c14-10-4-2-1-3-9(10)5-6-12-13(16)11(15)7-8-17-12/h1-8,16H. The molecule has 4 heteroatoms. The first-order valence-electron chi connectivity index (χ1n) is 4.92. The van der Waals surface area contributed by atoms with Gasteiger partial charge in [-0.15, -0.1) is 0 Å². The minimum atomic E-state index is -0.456. The highest BCUT2D eigenvalue weighted by Gasteiger charge is 2.03. The average Bonchev–Trinajstić information content (AvgIpc) is 2.33. The van der Waals surface area contributed by atoms with Crippen molar-refractivity contribution in [3.8, 4) is 5.75 Å². The van der Waals surface area contributed by atoms with E-state index < -0.39 is 5.43 Å². The summed E-state index contributed by atoms with van der Waals surface area (Å²) < 4.78 is 5.97. The zero-order valence-electron chi connectivity index (χ0n) is 8.76. The summed E-state index contributed by atoms with van der Waals surface area (Å²) in [4.78, 5) is 11.2. The first kappa shape index (κ1) is 11.7. The van der Waals surface area contributed by atoms with E-state index in [4.69, 9.17) is 4.42 Å². The van der Waals surface area contributed by atoms with Crippen LogP contribution in [-0.4, -0.2) is 5.11 Å². The van der Waals surface area contributed by atoms with Gasteiger partial charge < -0.3 is 9.52 Å². The van der Waals surface area contributed by atoms with Crippen molar-refractivity contribution in [3.05, 3.63) is 62.6 Å². The predicted octanol–water partition coefficient (Wildman–Crippen LogP) is 3.28. The average molecular weight is 293 g/mol. The Kier molecular flexibility index (Phi) is 3.44. The molecule has 0 fully saturated rings. The number of aromatic hydroxyl groups is 1. The van der Waals surface area contributed by atoms with Crippen molar-refractivity contribution in [2.75, 3.05) is 0 Å².